The minimum Gasteiger partial charge on any atom is -0.497 e. The van der Waals surface area contributed by atoms with Crippen molar-refractivity contribution in [2.45, 2.75) is 87.9 Å². The molecule has 1 saturated heterocycles. The normalized spacial score (nSPS) is 15.4. The summed E-state index contributed by atoms with van der Waals surface area (Å²) in [6.07, 6.45) is 10.4. The van der Waals surface area contributed by atoms with Gasteiger partial charge in [-0.05, 0) is 66.9 Å². The van der Waals surface area contributed by atoms with Gasteiger partial charge in [-0.3, -0.25) is 14.5 Å². The Kier molecular flexibility index (Phi) is 12.7. The first-order valence-corrected chi connectivity index (χ1v) is 17.9. The Morgan fingerprint density at radius 3 is 2.70 bits per heavy atom. The third-order valence-corrected chi connectivity index (χ3v) is 11.1. The lowest BCUT2D eigenvalue weighted by atomic mass is 10.0. The zero-order valence-electron chi connectivity index (χ0n) is 25.3. The summed E-state index contributed by atoms with van der Waals surface area (Å²) in [6, 6.07) is 7.03. The Bertz CT molecular complexity index is 1510. The highest BCUT2D eigenvalue weighted by molar-refractivity contribution is 7.92. The number of methoxy groups -OCH3 is 1. The molecule has 3 aromatic rings. The molecule has 3 heterocycles. The summed E-state index contributed by atoms with van der Waals surface area (Å²) in [5.74, 6) is 0.347. The first-order chi connectivity index (χ1) is 21.2. The number of aromatic nitrogens is 1. The second kappa shape index (κ2) is 16.4. The molecule has 1 aromatic carbocycles. The molecule has 1 aliphatic heterocycles. The Labute approximate surface area is 268 Å². The lowest BCUT2D eigenvalue weighted by Crippen LogP contribution is -2.30. The third kappa shape index (κ3) is 9.29. The number of sulfonamides is 1. The van der Waals surface area contributed by atoms with Gasteiger partial charge >= 0.3 is 0 Å². The van der Waals surface area contributed by atoms with Crippen molar-refractivity contribution in [1.82, 2.24) is 19.9 Å². The number of hydrogen-bond donors (Lipinski definition) is 2. The largest absolute Gasteiger partial charge is 0.497 e. The van der Waals surface area contributed by atoms with Crippen LogP contribution in [0, 0.1) is 0 Å². The first kappa shape index (κ1) is 34.0. The average Bonchev–Trinajstić information content (AvgIpc) is 3.77. The number of ether oxygens (including phenoxy) is 1. The van der Waals surface area contributed by atoms with Crippen LogP contribution in [-0.2, 0) is 27.8 Å². The van der Waals surface area contributed by atoms with Gasteiger partial charge in [-0.25, -0.2) is 18.1 Å². The number of oxazole rings is 1. The molecule has 4 rings (SSSR count). The van der Waals surface area contributed by atoms with Crippen molar-refractivity contribution >= 4 is 44.8 Å². The molecule has 0 radical (unpaired) electrons. The summed E-state index contributed by atoms with van der Waals surface area (Å²) in [5, 5.41) is 4.59. The van der Waals surface area contributed by atoms with E-state index >= 15 is 0 Å². The minimum absolute atomic E-state index is 0.0259. The number of aryl methyl sites for hydroxylation is 1. The lowest BCUT2D eigenvalue weighted by Gasteiger charge is -2.23. The summed E-state index contributed by atoms with van der Waals surface area (Å²) in [4.78, 5) is 32.1. The SMILES string of the molecule is CCCCCCCCNC(=O)c1coc(C2CCCN2Cc2cc(OC)ccc2CCC(=O)NS(=O)(=O)c2sccc2Cl)n1. The Balaban J connectivity index is 1.36. The van der Waals surface area contributed by atoms with E-state index in [2.05, 4.69) is 26.8 Å². The fourth-order valence-corrected chi connectivity index (χ4v) is 8.05. The molecule has 0 bridgehead atoms. The van der Waals surface area contributed by atoms with Gasteiger partial charge in [0, 0.05) is 19.5 Å². The fraction of sp³-hybridized carbons (Fsp3) is 0.516. The van der Waals surface area contributed by atoms with Crippen LogP contribution in [0.15, 0.2) is 44.5 Å². The Hall–Kier alpha value is -2.93. The molecule has 0 aliphatic carbocycles. The number of benzene rings is 1. The van der Waals surface area contributed by atoms with Gasteiger partial charge in [0.2, 0.25) is 11.8 Å². The van der Waals surface area contributed by atoms with Crippen LogP contribution in [0.2, 0.25) is 5.02 Å². The summed E-state index contributed by atoms with van der Waals surface area (Å²) >= 11 is 6.92. The summed E-state index contributed by atoms with van der Waals surface area (Å²) in [6.45, 7) is 4.17. The summed E-state index contributed by atoms with van der Waals surface area (Å²) < 4.78 is 38.4. The van der Waals surface area contributed by atoms with Crippen molar-refractivity contribution in [3.63, 3.8) is 0 Å². The molecule has 1 atom stereocenters. The van der Waals surface area contributed by atoms with E-state index in [-0.39, 0.29) is 33.3 Å². The van der Waals surface area contributed by atoms with Gasteiger partial charge in [-0.1, -0.05) is 56.7 Å². The molecule has 2 aromatic heterocycles. The van der Waals surface area contributed by atoms with E-state index in [0.29, 0.717) is 31.2 Å². The molecule has 240 valence electrons. The molecule has 1 unspecified atom stereocenters. The van der Waals surface area contributed by atoms with Crippen LogP contribution >= 0.6 is 22.9 Å². The Morgan fingerprint density at radius 2 is 1.95 bits per heavy atom. The van der Waals surface area contributed by atoms with Crippen molar-refractivity contribution in [2.75, 3.05) is 20.2 Å². The monoisotopic (exact) mass is 664 g/mol. The van der Waals surface area contributed by atoms with Crippen molar-refractivity contribution < 1.29 is 27.2 Å². The van der Waals surface area contributed by atoms with Crippen molar-refractivity contribution in [3.05, 3.63) is 63.6 Å². The standard InChI is InChI=1S/C31H41ClN4O6S2/c1-3-4-5-6-7-8-16-33-29(38)26-21-42-30(34-26)27-10-9-17-36(27)20-23-19-24(41-2)13-11-22(23)12-14-28(37)35-44(39,40)31-25(32)15-18-43-31/h11,13,15,18-19,21,27H,3-10,12,14,16-17,20H2,1-2H3,(H,33,38)(H,35,37). The number of likely N-dealkylation sites (tertiary alicyclic amines) is 1. The maximum absolute atomic E-state index is 12.7. The molecule has 2 N–H and O–H groups in total. The van der Waals surface area contributed by atoms with E-state index in [0.717, 1.165) is 54.7 Å². The number of thiophene rings is 1. The highest BCUT2D eigenvalue weighted by atomic mass is 35.5. The molecule has 44 heavy (non-hydrogen) atoms. The lowest BCUT2D eigenvalue weighted by molar-refractivity contribution is -0.119. The predicted octanol–water partition coefficient (Wildman–Crippen LogP) is 6.26. The molecular formula is C31H41ClN4O6S2. The van der Waals surface area contributed by atoms with E-state index in [1.165, 1.54) is 38.0 Å². The van der Waals surface area contributed by atoms with Crippen LogP contribution in [0.4, 0.5) is 0 Å². The number of unbranched alkanes of at least 4 members (excludes halogenated alkanes) is 5. The van der Waals surface area contributed by atoms with Crippen molar-refractivity contribution in [3.8, 4) is 5.75 Å². The maximum Gasteiger partial charge on any atom is 0.275 e. The predicted molar refractivity (Wildman–Crippen MR) is 171 cm³/mol. The van der Waals surface area contributed by atoms with Crippen LogP contribution in [0.25, 0.3) is 0 Å². The third-order valence-electron chi connectivity index (χ3n) is 7.70. The molecule has 1 aliphatic rings. The first-order valence-electron chi connectivity index (χ1n) is 15.1. The quantitative estimate of drug-likeness (QED) is 0.162. The van der Waals surface area contributed by atoms with Crippen LogP contribution in [0.5, 0.6) is 5.75 Å². The number of carbonyl (C=O) groups is 2. The second-order valence-electron chi connectivity index (χ2n) is 10.9. The molecule has 0 spiro atoms. The number of carbonyl (C=O) groups excluding carboxylic acids is 2. The second-order valence-corrected chi connectivity index (χ2v) is 14.1. The van der Waals surface area contributed by atoms with Crippen LogP contribution < -0.4 is 14.8 Å². The van der Waals surface area contributed by atoms with Gasteiger partial charge in [-0.15, -0.1) is 11.3 Å². The molecule has 0 saturated carbocycles. The van der Waals surface area contributed by atoms with Gasteiger partial charge in [0.15, 0.2) is 9.90 Å². The van der Waals surface area contributed by atoms with E-state index in [4.69, 9.17) is 20.8 Å². The molecule has 10 nitrogen and oxygen atoms in total. The van der Waals surface area contributed by atoms with Crippen molar-refractivity contribution in [1.29, 1.82) is 0 Å². The highest BCUT2D eigenvalue weighted by Gasteiger charge is 2.31. The van der Waals surface area contributed by atoms with Gasteiger partial charge in [-0.2, -0.15) is 0 Å². The minimum atomic E-state index is -4.03. The molecular weight excluding hydrogens is 624 g/mol. The van der Waals surface area contributed by atoms with Gasteiger partial charge in [0.25, 0.3) is 15.9 Å². The van der Waals surface area contributed by atoms with E-state index in [9.17, 15) is 18.0 Å². The number of halogens is 1. The Morgan fingerprint density at radius 1 is 1.16 bits per heavy atom. The zero-order chi connectivity index (χ0) is 31.5. The van der Waals surface area contributed by atoms with Crippen LogP contribution in [0.1, 0.15) is 98.3 Å². The summed E-state index contributed by atoms with van der Waals surface area (Å²) in [7, 11) is -2.44. The highest BCUT2D eigenvalue weighted by Crippen LogP contribution is 2.34. The molecule has 13 heteroatoms. The molecule has 2 amide bonds. The molecule has 1 fully saturated rings. The number of rotatable bonds is 17. The maximum atomic E-state index is 12.7. The average molecular weight is 665 g/mol. The number of amides is 2. The van der Waals surface area contributed by atoms with Crippen LogP contribution in [-0.4, -0.2) is 50.3 Å². The van der Waals surface area contributed by atoms with E-state index < -0.39 is 15.9 Å². The van der Waals surface area contributed by atoms with Gasteiger partial charge in [0.05, 0.1) is 18.2 Å². The van der Waals surface area contributed by atoms with Gasteiger partial charge < -0.3 is 14.5 Å². The number of nitrogens with one attached hydrogen (secondary N) is 2. The van der Waals surface area contributed by atoms with E-state index in [1.54, 1.807) is 12.5 Å². The van der Waals surface area contributed by atoms with Gasteiger partial charge in [0.1, 0.15) is 12.0 Å². The zero-order valence-corrected chi connectivity index (χ0v) is 27.7. The number of nitrogens with zero attached hydrogens (tertiary/aromatic N) is 2. The van der Waals surface area contributed by atoms with E-state index in [1.807, 2.05) is 18.2 Å². The summed E-state index contributed by atoms with van der Waals surface area (Å²) in [5.41, 5.74) is 2.14. The fourth-order valence-electron chi connectivity index (χ4n) is 5.34. The van der Waals surface area contributed by atoms with Crippen LogP contribution in [0.3, 0.4) is 0 Å². The topological polar surface area (TPSA) is 131 Å². The smallest absolute Gasteiger partial charge is 0.275 e. The number of hydrogen-bond acceptors (Lipinski definition) is 9. The van der Waals surface area contributed by atoms with Crippen molar-refractivity contribution in [2.24, 2.45) is 0 Å².